The molecule has 1 amide bonds. The van der Waals surface area contributed by atoms with Crippen LogP contribution in [0.1, 0.15) is 31.7 Å². The van der Waals surface area contributed by atoms with E-state index in [4.69, 9.17) is 9.57 Å². The summed E-state index contributed by atoms with van der Waals surface area (Å²) in [6, 6.07) is 8.95. The minimum absolute atomic E-state index is 0.0410. The van der Waals surface area contributed by atoms with Crippen molar-refractivity contribution in [2.45, 2.75) is 49.8 Å². The molecule has 6 atom stereocenters. The first-order valence-electron chi connectivity index (χ1n) is 9.06. The summed E-state index contributed by atoms with van der Waals surface area (Å²) < 4.78 is 6.29. The van der Waals surface area contributed by atoms with Crippen molar-refractivity contribution in [3.05, 3.63) is 29.8 Å². The molecule has 1 spiro atoms. The van der Waals surface area contributed by atoms with E-state index in [1.54, 1.807) is 7.11 Å². The van der Waals surface area contributed by atoms with Crippen molar-refractivity contribution in [3.8, 4) is 0 Å². The number of para-hydroxylation sites is 1. The second-order valence-corrected chi connectivity index (χ2v) is 7.65. The molecule has 24 heavy (non-hydrogen) atoms. The van der Waals surface area contributed by atoms with Crippen molar-refractivity contribution < 1.29 is 14.4 Å². The fourth-order valence-corrected chi connectivity index (χ4v) is 5.82. The SMILES string of the molecule is CC[C@H]1N[C@H]2C[C@@]3(C(=O)N(OC)c4ccccc43)[C@H]3C[C@@H]1[C@@H]2CO3. The Morgan fingerprint density at radius 1 is 1.38 bits per heavy atom. The molecular weight excluding hydrogens is 304 g/mol. The standard InChI is InChI=1S/C19H24N2O3/c1-3-14-11-8-17-19(9-15(20-14)12(11)10-24-17)13-6-4-5-7-16(13)21(23-2)18(19)22/h4-7,11-12,14-15,17,20H,3,8-10H2,1-2H3/t11-,12+,14-,15+,17-,19+/m1/s1. The highest BCUT2D eigenvalue weighted by Crippen LogP contribution is 2.56. The minimum Gasteiger partial charge on any atom is -0.376 e. The summed E-state index contributed by atoms with van der Waals surface area (Å²) in [5.74, 6) is 1.19. The number of hydroxylamine groups is 1. The lowest BCUT2D eigenvalue weighted by Gasteiger charge is -2.40. The molecule has 1 saturated carbocycles. The van der Waals surface area contributed by atoms with Crippen LogP contribution in [-0.4, -0.2) is 37.8 Å². The number of anilines is 1. The number of nitrogens with one attached hydrogen (secondary N) is 1. The molecule has 4 heterocycles. The minimum atomic E-state index is -0.605. The number of benzene rings is 1. The fraction of sp³-hybridized carbons (Fsp3) is 0.632. The summed E-state index contributed by atoms with van der Waals surface area (Å²) in [5.41, 5.74) is 1.35. The second-order valence-electron chi connectivity index (χ2n) is 7.65. The van der Waals surface area contributed by atoms with Crippen LogP contribution in [0.2, 0.25) is 0 Å². The number of rotatable bonds is 2. The van der Waals surface area contributed by atoms with Crippen molar-refractivity contribution in [1.82, 2.24) is 5.32 Å². The molecule has 128 valence electrons. The van der Waals surface area contributed by atoms with Crippen LogP contribution in [0.25, 0.3) is 0 Å². The molecule has 0 aromatic heterocycles. The van der Waals surface area contributed by atoms with Crippen LogP contribution in [0.5, 0.6) is 0 Å². The molecule has 5 nitrogen and oxygen atoms in total. The molecule has 6 rings (SSSR count). The third-order valence-electron chi connectivity index (χ3n) is 6.87. The van der Waals surface area contributed by atoms with Crippen LogP contribution in [0.4, 0.5) is 5.69 Å². The largest absolute Gasteiger partial charge is 0.376 e. The molecule has 1 aromatic carbocycles. The first-order valence-corrected chi connectivity index (χ1v) is 9.06. The van der Waals surface area contributed by atoms with E-state index in [2.05, 4.69) is 18.3 Å². The lowest BCUT2D eigenvalue weighted by atomic mass is 9.71. The summed E-state index contributed by atoms with van der Waals surface area (Å²) >= 11 is 0. The van der Waals surface area contributed by atoms with Gasteiger partial charge in [0.2, 0.25) is 0 Å². The third kappa shape index (κ3) is 1.63. The lowest BCUT2D eigenvalue weighted by molar-refractivity contribution is -0.138. The Labute approximate surface area is 142 Å². The maximum Gasteiger partial charge on any atom is 0.264 e. The molecule has 4 fully saturated rings. The summed E-state index contributed by atoms with van der Waals surface area (Å²) in [6.45, 7) is 3.02. The van der Waals surface area contributed by atoms with Crippen LogP contribution in [0.15, 0.2) is 24.3 Å². The first kappa shape index (κ1) is 14.9. The zero-order valence-electron chi connectivity index (χ0n) is 14.2. The molecule has 1 aliphatic carbocycles. The van der Waals surface area contributed by atoms with Crippen LogP contribution < -0.4 is 10.4 Å². The van der Waals surface area contributed by atoms with E-state index in [0.717, 1.165) is 37.1 Å². The second kappa shape index (κ2) is 5.04. The van der Waals surface area contributed by atoms with Gasteiger partial charge in [-0.3, -0.25) is 9.63 Å². The highest BCUT2D eigenvalue weighted by molar-refractivity contribution is 6.07. The van der Waals surface area contributed by atoms with Gasteiger partial charge in [0.1, 0.15) is 5.41 Å². The van der Waals surface area contributed by atoms with Crippen molar-refractivity contribution in [1.29, 1.82) is 0 Å². The van der Waals surface area contributed by atoms with Gasteiger partial charge < -0.3 is 10.1 Å². The number of ether oxygens (including phenoxy) is 1. The molecular formula is C19H24N2O3. The van der Waals surface area contributed by atoms with Gasteiger partial charge in [-0.25, -0.2) is 0 Å². The van der Waals surface area contributed by atoms with Gasteiger partial charge in [0, 0.05) is 18.0 Å². The third-order valence-corrected chi connectivity index (χ3v) is 6.87. The van der Waals surface area contributed by atoms with Gasteiger partial charge in [0.05, 0.1) is 25.5 Å². The van der Waals surface area contributed by atoms with Crippen LogP contribution in [-0.2, 0) is 19.8 Å². The van der Waals surface area contributed by atoms with Gasteiger partial charge in [-0.15, -0.1) is 0 Å². The normalized spacial score (nSPS) is 42.7. The van der Waals surface area contributed by atoms with Gasteiger partial charge in [0.25, 0.3) is 5.91 Å². The highest BCUT2D eigenvalue weighted by atomic mass is 16.7. The molecule has 0 unspecified atom stereocenters. The highest BCUT2D eigenvalue weighted by Gasteiger charge is 2.64. The Kier molecular flexibility index (Phi) is 3.12. The van der Waals surface area contributed by atoms with E-state index in [1.165, 1.54) is 5.06 Å². The molecule has 3 saturated heterocycles. The topological polar surface area (TPSA) is 50.8 Å². The van der Waals surface area contributed by atoms with E-state index in [1.807, 2.05) is 18.2 Å². The van der Waals surface area contributed by atoms with Gasteiger partial charge in [-0.2, -0.15) is 5.06 Å². The Bertz CT molecular complexity index is 693. The summed E-state index contributed by atoms with van der Waals surface area (Å²) in [6.07, 6.45) is 2.87. The number of fused-ring (bicyclic) bond motifs is 2. The van der Waals surface area contributed by atoms with E-state index < -0.39 is 5.41 Å². The quantitative estimate of drug-likeness (QED) is 0.902. The van der Waals surface area contributed by atoms with Crippen molar-refractivity contribution in [2.24, 2.45) is 11.8 Å². The molecule has 4 aliphatic heterocycles. The molecule has 0 radical (unpaired) electrons. The summed E-state index contributed by atoms with van der Waals surface area (Å²) in [5, 5.41) is 5.29. The van der Waals surface area contributed by atoms with Gasteiger partial charge >= 0.3 is 0 Å². The molecule has 1 N–H and O–H groups in total. The Hall–Kier alpha value is -1.43. The smallest absolute Gasteiger partial charge is 0.264 e. The number of nitrogens with zero attached hydrogens (tertiary/aromatic N) is 1. The van der Waals surface area contributed by atoms with E-state index >= 15 is 0 Å². The van der Waals surface area contributed by atoms with Gasteiger partial charge in [-0.1, -0.05) is 25.1 Å². The Morgan fingerprint density at radius 2 is 2.21 bits per heavy atom. The van der Waals surface area contributed by atoms with Gasteiger partial charge in [-0.05, 0) is 36.8 Å². The van der Waals surface area contributed by atoms with E-state index in [0.29, 0.717) is 23.9 Å². The van der Waals surface area contributed by atoms with Crippen molar-refractivity contribution >= 4 is 11.6 Å². The monoisotopic (exact) mass is 328 g/mol. The lowest BCUT2D eigenvalue weighted by Crippen LogP contribution is -2.53. The van der Waals surface area contributed by atoms with Crippen molar-refractivity contribution in [3.63, 3.8) is 0 Å². The van der Waals surface area contributed by atoms with Crippen molar-refractivity contribution in [2.75, 3.05) is 18.8 Å². The number of carbonyl (C=O) groups excluding carboxylic acids is 1. The van der Waals surface area contributed by atoms with Crippen LogP contribution in [0.3, 0.4) is 0 Å². The molecule has 5 aliphatic rings. The Morgan fingerprint density at radius 3 is 3.00 bits per heavy atom. The first-order chi connectivity index (χ1) is 11.7. The fourth-order valence-electron chi connectivity index (χ4n) is 5.82. The summed E-state index contributed by atoms with van der Waals surface area (Å²) in [4.78, 5) is 18.9. The predicted octanol–water partition coefficient (Wildman–Crippen LogP) is 2.01. The number of hydrogen-bond acceptors (Lipinski definition) is 4. The summed E-state index contributed by atoms with van der Waals surface area (Å²) in [7, 11) is 1.57. The maximum absolute atomic E-state index is 13.4. The van der Waals surface area contributed by atoms with E-state index in [9.17, 15) is 4.79 Å². The molecule has 5 heteroatoms. The molecule has 1 aromatic rings. The maximum atomic E-state index is 13.4. The Balaban J connectivity index is 1.66. The van der Waals surface area contributed by atoms with Gasteiger partial charge in [0.15, 0.2) is 0 Å². The van der Waals surface area contributed by atoms with Crippen LogP contribution in [0, 0.1) is 11.8 Å². The average molecular weight is 328 g/mol. The molecule has 4 bridgehead atoms. The average Bonchev–Trinajstić information content (AvgIpc) is 2.96. The predicted molar refractivity (Wildman–Crippen MR) is 89.6 cm³/mol. The zero-order valence-corrected chi connectivity index (χ0v) is 14.2. The van der Waals surface area contributed by atoms with E-state index in [-0.39, 0.29) is 12.0 Å². The number of hydrogen-bond donors (Lipinski definition) is 1. The number of amides is 1. The number of carbonyl (C=O) groups is 1. The zero-order chi connectivity index (χ0) is 16.5. The van der Waals surface area contributed by atoms with Crippen LogP contribution >= 0.6 is 0 Å².